The molecule has 0 aromatic heterocycles. The van der Waals surface area contributed by atoms with Crippen LogP contribution in [0.5, 0.6) is 0 Å². The molecule has 0 aliphatic carbocycles. The number of aliphatic hydroxyl groups is 7. The zero-order valence-corrected chi connectivity index (χ0v) is 52.4. The number of aliphatic hydroxyl groups excluding tert-OH is 7. The lowest BCUT2D eigenvalue weighted by molar-refractivity contribution is -0.332. The van der Waals surface area contributed by atoms with Crippen LogP contribution in [0.4, 0.5) is 0 Å². The summed E-state index contributed by atoms with van der Waals surface area (Å²) in [7, 11) is 0. The molecule has 2 heterocycles. The van der Waals surface area contributed by atoms with Crippen molar-refractivity contribution in [2.24, 2.45) is 0 Å². The maximum atomic E-state index is 13.1. The highest BCUT2D eigenvalue weighted by atomic mass is 16.7. The van der Waals surface area contributed by atoms with E-state index >= 15 is 0 Å². The number of hydrogen-bond donors (Lipinski definition) is 7. The molecule has 2 aliphatic heterocycles. The van der Waals surface area contributed by atoms with E-state index in [1.807, 2.05) is 0 Å². The van der Waals surface area contributed by atoms with Gasteiger partial charge in [0.25, 0.3) is 0 Å². The van der Waals surface area contributed by atoms with Crippen molar-refractivity contribution in [3.8, 4) is 0 Å². The smallest absolute Gasteiger partial charge is 0.306 e. The van der Waals surface area contributed by atoms with Crippen molar-refractivity contribution >= 4 is 5.97 Å². The molecule has 2 aliphatic rings. The molecule has 2 fully saturated rings. The van der Waals surface area contributed by atoms with Gasteiger partial charge in [0.2, 0.25) is 0 Å². The van der Waals surface area contributed by atoms with Gasteiger partial charge in [0.15, 0.2) is 12.6 Å². The largest absolute Gasteiger partial charge is 0.457 e. The highest BCUT2D eigenvalue weighted by molar-refractivity contribution is 5.69. The van der Waals surface area contributed by atoms with Crippen molar-refractivity contribution in [2.75, 3.05) is 33.0 Å². The summed E-state index contributed by atoms with van der Waals surface area (Å²) in [6, 6.07) is 0. The Morgan fingerprint density at radius 1 is 0.410 bits per heavy atom. The van der Waals surface area contributed by atoms with Crippen LogP contribution in [0, 0.1) is 0 Å². The second-order valence-electron chi connectivity index (χ2n) is 23.6. The number of carbonyl (C=O) groups excluding carboxylic acids is 1. The molecule has 0 aromatic rings. The van der Waals surface area contributed by atoms with Crippen molar-refractivity contribution < 1.29 is 69.0 Å². The Balaban J connectivity index is 1.65. The molecule has 11 atom stereocenters. The maximum absolute atomic E-state index is 13.1. The molecule has 2 rings (SSSR count). The minimum absolute atomic E-state index is 0.0610. The van der Waals surface area contributed by atoms with Gasteiger partial charge < -0.3 is 64.2 Å². The van der Waals surface area contributed by atoms with Gasteiger partial charge in [-0.25, -0.2) is 0 Å². The zero-order valence-electron chi connectivity index (χ0n) is 52.4. The number of rotatable bonds is 56. The summed E-state index contributed by atoms with van der Waals surface area (Å²) in [5.74, 6) is -0.376. The first-order valence-corrected chi connectivity index (χ1v) is 33.9. The van der Waals surface area contributed by atoms with Gasteiger partial charge in [0, 0.05) is 13.0 Å². The SMILES string of the molecule is CC/C=C\C/C=C\C/C=C\C/C=C\CCCCCCCCCCCCCCC(=O)OC(COCCCCCCCCCCCCCC/C=C\CCCCCCCCCC)COC1OC(COC2OC(CO)C(O)C(O)C2O)C(O)C(O)C1O. The topological polar surface area (TPSA) is 214 Å². The van der Waals surface area contributed by atoms with Gasteiger partial charge in [-0.1, -0.05) is 248 Å². The molecule has 14 heteroatoms. The summed E-state index contributed by atoms with van der Waals surface area (Å²) in [5.41, 5.74) is 0. The third kappa shape index (κ3) is 40.7. The van der Waals surface area contributed by atoms with Crippen LogP contribution in [0.3, 0.4) is 0 Å². The number of carbonyl (C=O) groups is 1. The fraction of sp³-hybridized carbons (Fsp3) is 0.841. The number of hydrogen-bond acceptors (Lipinski definition) is 14. The molecule has 7 N–H and O–H groups in total. The number of unbranched alkanes of at least 4 members (excludes halogenated alkanes) is 32. The van der Waals surface area contributed by atoms with Gasteiger partial charge in [-0.3, -0.25) is 4.79 Å². The van der Waals surface area contributed by atoms with Gasteiger partial charge in [0.1, 0.15) is 54.9 Å². The average molecular weight is 1180 g/mol. The average Bonchev–Trinajstić information content (AvgIpc) is 3.67. The van der Waals surface area contributed by atoms with Crippen LogP contribution < -0.4 is 0 Å². The number of esters is 1. The van der Waals surface area contributed by atoms with Crippen LogP contribution in [0.1, 0.15) is 271 Å². The van der Waals surface area contributed by atoms with Gasteiger partial charge in [-0.2, -0.15) is 0 Å². The van der Waals surface area contributed by atoms with E-state index in [-0.39, 0.29) is 25.6 Å². The van der Waals surface area contributed by atoms with E-state index in [1.54, 1.807) is 0 Å². The quantitative estimate of drug-likeness (QED) is 0.0171. The Morgan fingerprint density at radius 3 is 1.24 bits per heavy atom. The summed E-state index contributed by atoms with van der Waals surface area (Å²) < 4.78 is 34.5. The van der Waals surface area contributed by atoms with Gasteiger partial charge in [-0.15, -0.1) is 0 Å². The van der Waals surface area contributed by atoms with E-state index in [2.05, 4.69) is 74.6 Å². The lowest BCUT2D eigenvalue weighted by Crippen LogP contribution is -2.61. The normalized spacial score (nSPS) is 23.8. The maximum Gasteiger partial charge on any atom is 0.306 e. The summed E-state index contributed by atoms with van der Waals surface area (Å²) in [6.07, 6.45) is 54.3. The minimum atomic E-state index is -1.71. The Kier molecular flexibility index (Phi) is 50.9. The van der Waals surface area contributed by atoms with Crippen LogP contribution in [-0.4, -0.2) is 142 Å². The molecule has 11 unspecified atom stereocenters. The van der Waals surface area contributed by atoms with Crippen LogP contribution >= 0.6 is 0 Å². The Hall–Kier alpha value is -2.31. The standard InChI is InChI=1S/C69H124O14/c1-3-5-7-9-11-13-15-17-19-21-23-25-27-29-30-32-34-36-38-40-42-44-46-48-50-52-61(71)81-58(56-79-68-67(77)65(75)63(73)60(83-68)57-80-69-66(76)64(74)62(72)59(54-70)82-69)55-78-53-51-49-47-45-43-41-39-37-35-33-31-28-26-24-22-20-18-16-14-12-10-8-6-4-2/h5,7,11,13,17,19,22-25,58-60,62-70,72-77H,3-4,6,8-10,12,14-16,18,20-21,26-57H2,1-2H3/b7-5-,13-11-,19-17-,24-22-,25-23-. The van der Waals surface area contributed by atoms with Crippen molar-refractivity contribution in [1.82, 2.24) is 0 Å². The summed E-state index contributed by atoms with van der Waals surface area (Å²) >= 11 is 0. The fourth-order valence-corrected chi connectivity index (χ4v) is 10.6. The highest BCUT2D eigenvalue weighted by Crippen LogP contribution is 2.27. The molecule has 0 amide bonds. The predicted molar refractivity (Wildman–Crippen MR) is 335 cm³/mol. The Labute approximate surface area is 504 Å². The molecule has 0 saturated carbocycles. The molecule has 14 nitrogen and oxygen atoms in total. The number of ether oxygens (including phenoxy) is 6. The van der Waals surface area contributed by atoms with Crippen LogP contribution in [0.25, 0.3) is 0 Å². The van der Waals surface area contributed by atoms with Crippen LogP contribution in [-0.2, 0) is 33.2 Å². The van der Waals surface area contributed by atoms with Crippen molar-refractivity contribution in [2.45, 2.75) is 338 Å². The molecule has 83 heavy (non-hydrogen) atoms. The summed E-state index contributed by atoms with van der Waals surface area (Å²) in [4.78, 5) is 13.1. The lowest BCUT2D eigenvalue weighted by Gasteiger charge is -2.42. The molecule has 0 radical (unpaired) electrons. The third-order valence-corrected chi connectivity index (χ3v) is 16.0. The molecule has 484 valence electrons. The molecule has 0 aromatic carbocycles. The monoisotopic (exact) mass is 1180 g/mol. The molecular formula is C69H124O14. The van der Waals surface area contributed by atoms with Crippen LogP contribution in [0.15, 0.2) is 60.8 Å². The lowest BCUT2D eigenvalue weighted by atomic mass is 9.98. The van der Waals surface area contributed by atoms with E-state index < -0.39 is 80.7 Å². The third-order valence-electron chi connectivity index (χ3n) is 16.0. The number of allylic oxidation sites excluding steroid dienone is 10. The summed E-state index contributed by atoms with van der Waals surface area (Å²) in [6.45, 7) is 3.62. The Morgan fingerprint density at radius 2 is 0.783 bits per heavy atom. The van der Waals surface area contributed by atoms with E-state index in [0.717, 1.165) is 70.6 Å². The van der Waals surface area contributed by atoms with Crippen molar-refractivity contribution in [1.29, 1.82) is 0 Å². The van der Waals surface area contributed by atoms with Gasteiger partial charge in [-0.05, 0) is 77.0 Å². The molecule has 0 spiro atoms. The first-order chi connectivity index (χ1) is 40.6. The molecular weight excluding hydrogens is 1050 g/mol. The first-order valence-electron chi connectivity index (χ1n) is 33.9. The van der Waals surface area contributed by atoms with Crippen molar-refractivity contribution in [3.63, 3.8) is 0 Å². The van der Waals surface area contributed by atoms with Crippen molar-refractivity contribution in [3.05, 3.63) is 60.8 Å². The highest BCUT2D eigenvalue weighted by Gasteiger charge is 2.47. The van der Waals surface area contributed by atoms with E-state index in [9.17, 15) is 40.5 Å². The van der Waals surface area contributed by atoms with E-state index in [0.29, 0.717) is 13.0 Å². The fourth-order valence-electron chi connectivity index (χ4n) is 10.6. The second-order valence-corrected chi connectivity index (χ2v) is 23.6. The molecule has 0 bridgehead atoms. The zero-order chi connectivity index (χ0) is 60.1. The second kappa shape index (κ2) is 55.0. The van der Waals surface area contributed by atoms with Gasteiger partial charge in [0.05, 0.1) is 26.4 Å². The van der Waals surface area contributed by atoms with E-state index in [1.165, 1.54) is 173 Å². The van der Waals surface area contributed by atoms with E-state index in [4.69, 9.17) is 28.4 Å². The molecule has 2 saturated heterocycles. The predicted octanol–water partition coefficient (Wildman–Crippen LogP) is 14.0. The summed E-state index contributed by atoms with van der Waals surface area (Å²) in [5, 5.41) is 72.6. The van der Waals surface area contributed by atoms with Crippen LogP contribution in [0.2, 0.25) is 0 Å². The van der Waals surface area contributed by atoms with Gasteiger partial charge >= 0.3 is 5.97 Å². The first kappa shape index (κ1) is 76.8. The Bertz CT molecular complexity index is 1600. The minimum Gasteiger partial charge on any atom is -0.457 e.